The lowest BCUT2D eigenvalue weighted by molar-refractivity contribution is -0.161. The summed E-state index contributed by atoms with van der Waals surface area (Å²) in [7, 11) is 0. The first kappa shape index (κ1) is 25.0. The van der Waals surface area contributed by atoms with Crippen LogP contribution in [0.5, 0.6) is 0 Å². The topological polar surface area (TPSA) is 77.8 Å². The highest BCUT2D eigenvalue weighted by Gasteiger charge is 2.82. The molecule has 5 fully saturated rings. The van der Waals surface area contributed by atoms with E-state index in [1.807, 2.05) is 13.8 Å². The predicted molar refractivity (Wildman–Crippen MR) is 134 cm³/mol. The van der Waals surface area contributed by atoms with Crippen molar-refractivity contribution >= 4 is 5.78 Å². The maximum Gasteiger partial charge on any atom is 0.138 e. The highest BCUT2D eigenvalue weighted by Crippen LogP contribution is 2.88. The monoisotopic (exact) mass is 472 g/mol. The molecule has 0 amide bonds. The van der Waals surface area contributed by atoms with Crippen LogP contribution in [-0.4, -0.2) is 39.9 Å². The standard InChI is InChI=1S/C30H48O4/c1-18(2)15-21(32)25(34)19(16-31)20-9-11-28(6)23-8-7-22-26(3,4)24(33)10-12-29(22)17-30(23,29)14-13-27(20,28)5/h15,19-23,25,31-32,34H,7-14,16-17H2,1-6H3/t19-,20+,21+,22+,23-,25-,27+,28-,29+,30-/m0/s1. The Hall–Kier alpha value is -0.710. The van der Waals surface area contributed by atoms with Crippen molar-refractivity contribution in [2.45, 2.75) is 112 Å². The molecule has 0 aromatic rings. The van der Waals surface area contributed by atoms with E-state index in [9.17, 15) is 20.1 Å². The van der Waals surface area contributed by atoms with Crippen molar-refractivity contribution in [2.75, 3.05) is 6.61 Å². The van der Waals surface area contributed by atoms with E-state index in [1.165, 1.54) is 25.7 Å². The van der Waals surface area contributed by atoms with Crippen molar-refractivity contribution < 1.29 is 20.1 Å². The molecule has 0 bridgehead atoms. The molecule has 0 aromatic heterocycles. The van der Waals surface area contributed by atoms with Gasteiger partial charge in [0.2, 0.25) is 0 Å². The SMILES string of the molecule is CC(C)=C[C@@H](O)[C@@H](O)[C@@H](CO)[C@H]1CC[C@@]2(C)[C@@H]3CC[C@@H]4C(C)(C)C(=O)CC[C@@]45C[C@@]35CC[C@]12C. The summed E-state index contributed by atoms with van der Waals surface area (Å²) in [6.45, 7) is 13.2. The molecule has 4 nitrogen and oxygen atoms in total. The second-order valence-electron chi connectivity index (χ2n) is 14.4. The average molecular weight is 473 g/mol. The van der Waals surface area contributed by atoms with Gasteiger partial charge in [0, 0.05) is 24.4 Å². The van der Waals surface area contributed by atoms with Gasteiger partial charge in [-0.2, -0.15) is 0 Å². The Kier molecular flexibility index (Phi) is 5.62. The number of hydrogen-bond acceptors (Lipinski definition) is 4. The molecule has 10 atom stereocenters. The Morgan fingerprint density at radius 2 is 1.59 bits per heavy atom. The van der Waals surface area contributed by atoms with Crippen molar-refractivity contribution in [1.29, 1.82) is 0 Å². The third-order valence-corrected chi connectivity index (χ3v) is 12.9. The van der Waals surface area contributed by atoms with E-state index in [-0.39, 0.29) is 34.7 Å². The molecule has 2 spiro atoms. The van der Waals surface area contributed by atoms with Crippen LogP contribution in [-0.2, 0) is 4.79 Å². The molecular formula is C30H48O4. The minimum absolute atomic E-state index is 0.0542. The average Bonchev–Trinajstić information content (AvgIpc) is 3.36. The van der Waals surface area contributed by atoms with E-state index in [1.54, 1.807) is 6.08 Å². The Balaban J connectivity index is 1.45. The van der Waals surface area contributed by atoms with Crippen molar-refractivity contribution in [1.82, 2.24) is 0 Å². The van der Waals surface area contributed by atoms with E-state index >= 15 is 0 Å². The van der Waals surface area contributed by atoms with Crippen molar-refractivity contribution in [3.8, 4) is 0 Å². The molecule has 192 valence electrons. The number of fused-ring (bicyclic) bond motifs is 2. The first-order valence-electron chi connectivity index (χ1n) is 14.0. The fraction of sp³-hybridized carbons (Fsp3) is 0.900. The minimum Gasteiger partial charge on any atom is -0.396 e. The van der Waals surface area contributed by atoms with E-state index in [0.717, 1.165) is 37.7 Å². The molecule has 4 heteroatoms. The van der Waals surface area contributed by atoms with Crippen molar-refractivity contribution in [2.24, 2.45) is 50.7 Å². The number of Topliss-reactive ketones (excluding diaryl/α,β-unsaturated/α-hetero) is 1. The van der Waals surface area contributed by atoms with Gasteiger partial charge in [0.25, 0.3) is 0 Å². The fourth-order valence-corrected chi connectivity index (χ4v) is 11.1. The predicted octanol–water partition coefficient (Wildman–Crippen LogP) is 5.29. The number of ketones is 1. The fourth-order valence-electron chi connectivity index (χ4n) is 11.1. The smallest absolute Gasteiger partial charge is 0.138 e. The number of hydrogen-bond donors (Lipinski definition) is 3. The van der Waals surface area contributed by atoms with Gasteiger partial charge in [0.15, 0.2) is 0 Å². The third kappa shape index (κ3) is 2.91. The molecule has 0 saturated heterocycles. The normalized spacial score (nSPS) is 49.1. The highest BCUT2D eigenvalue weighted by atomic mass is 16.3. The number of aliphatic hydroxyl groups is 3. The van der Waals surface area contributed by atoms with Crippen molar-refractivity contribution in [3.05, 3.63) is 11.6 Å². The van der Waals surface area contributed by atoms with E-state index in [4.69, 9.17) is 0 Å². The first-order valence-corrected chi connectivity index (χ1v) is 14.0. The number of carbonyl (C=O) groups is 1. The van der Waals surface area contributed by atoms with Gasteiger partial charge < -0.3 is 15.3 Å². The van der Waals surface area contributed by atoms with Gasteiger partial charge in [-0.3, -0.25) is 4.79 Å². The van der Waals surface area contributed by atoms with Crippen LogP contribution in [0.2, 0.25) is 0 Å². The molecule has 0 radical (unpaired) electrons. The van der Waals surface area contributed by atoms with Crippen molar-refractivity contribution in [3.63, 3.8) is 0 Å². The molecule has 5 aliphatic carbocycles. The Labute approximate surface area is 206 Å². The molecule has 0 aliphatic heterocycles. The summed E-state index contributed by atoms with van der Waals surface area (Å²) in [5, 5.41) is 32.2. The van der Waals surface area contributed by atoms with Gasteiger partial charge in [-0.15, -0.1) is 0 Å². The van der Waals surface area contributed by atoms with Gasteiger partial charge in [0.05, 0.1) is 12.2 Å². The third-order valence-electron chi connectivity index (χ3n) is 12.9. The second-order valence-corrected chi connectivity index (χ2v) is 14.4. The lowest BCUT2D eigenvalue weighted by Crippen LogP contribution is -2.57. The number of rotatable bonds is 5. The lowest BCUT2D eigenvalue weighted by atomic mass is 9.42. The molecule has 5 aliphatic rings. The molecule has 0 aromatic carbocycles. The van der Waals surface area contributed by atoms with Crippen LogP contribution >= 0.6 is 0 Å². The van der Waals surface area contributed by atoms with Gasteiger partial charge in [-0.1, -0.05) is 39.3 Å². The molecule has 5 rings (SSSR count). The Bertz CT molecular complexity index is 888. The molecular weight excluding hydrogens is 424 g/mol. The maximum atomic E-state index is 12.9. The zero-order valence-electron chi connectivity index (χ0n) is 22.4. The molecule has 0 unspecified atom stereocenters. The summed E-state index contributed by atoms with van der Waals surface area (Å²) in [5.74, 6) is 1.59. The van der Waals surface area contributed by atoms with E-state index < -0.39 is 12.2 Å². The van der Waals surface area contributed by atoms with E-state index in [0.29, 0.717) is 28.4 Å². The summed E-state index contributed by atoms with van der Waals surface area (Å²) in [6, 6.07) is 0. The highest BCUT2D eigenvalue weighted by molar-refractivity contribution is 5.86. The maximum absolute atomic E-state index is 12.9. The Morgan fingerprint density at radius 1 is 0.941 bits per heavy atom. The van der Waals surface area contributed by atoms with Gasteiger partial charge in [-0.25, -0.2) is 0 Å². The summed E-state index contributed by atoms with van der Waals surface area (Å²) >= 11 is 0. The number of carbonyl (C=O) groups excluding carboxylic acids is 1. The van der Waals surface area contributed by atoms with Crippen LogP contribution in [0.4, 0.5) is 0 Å². The largest absolute Gasteiger partial charge is 0.396 e. The molecule has 3 N–H and O–H groups in total. The van der Waals surface area contributed by atoms with Gasteiger partial charge in [0.1, 0.15) is 5.78 Å². The molecule has 5 saturated carbocycles. The van der Waals surface area contributed by atoms with Crippen LogP contribution < -0.4 is 0 Å². The lowest BCUT2D eigenvalue weighted by Gasteiger charge is -2.62. The van der Waals surface area contributed by atoms with Crippen LogP contribution in [0.1, 0.15) is 99.3 Å². The van der Waals surface area contributed by atoms with Crippen LogP contribution in [0.3, 0.4) is 0 Å². The summed E-state index contributed by atoms with van der Waals surface area (Å²) in [5.41, 5.74) is 1.80. The zero-order valence-corrected chi connectivity index (χ0v) is 22.4. The summed E-state index contributed by atoms with van der Waals surface area (Å²) < 4.78 is 0. The molecule has 34 heavy (non-hydrogen) atoms. The summed E-state index contributed by atoms with van der Waals surface area (Å²) in [6.07, 6.45) is 9.94. The quantitative estimate of drug-likeness (QED) is 0.475. The number of aliphatic hydroxyl groups excluding tert-OH is 3. The van der Waals surface area contributed by atoms with Crippen LogP contribution in [0.25, 0.3) is 0 Å². The Morgan fingerprint density at radius 3 is 2.24 bits per heavy atom. The number of allylic oxidation sites excluding steroid dienone is 1. The molecule has 0 heterocycles. The van der Waals surface area contributed by atoms with Crippen LogP contribution in [0.15, 0.2) is 11.6 Å². The second kappa shape index (κ2) is 7.65. The van der Waals surface area contributed by atoms with Gasteiger partial charge >= 0.3 is 0 Å². The van der Waals surface area contributed by atoms with Gasteiger partial charge in [-0.05, 0) is 105 Å². The van der Waals surface area contributed by atoms with Crippen LogP contribution in [0, 0.1) is 50.7 Å². The first-order chi connectivity index (χ1) is 15.8. The minimum atomic E-state index is -0.937. The summed E-state index contributed by atoms with van der Waals surface area (Å²) in [4.78, 5) is 12.9. The van der Waals surface area contributed by atoms with E-state index in [2.05, 4.69) is 27.7 Å². The zero-order chi connectivity index (χ0) is 24.9.